The number of ketones is 1. The van der Waals surface area contributed by atoms with Gasteiger partial charge in [-0.15, -0.1) is 0 Å². The number of aliphatic carboxylic acids is 1. The minimum atomic E-state index is -0.972. The first-order valence-electron chi connectivity index (χ1n) is 55.1. The Morgan fingerprint density at radius 2 is 0.912 bits per heavy atom. The van der Waals surface area contributed by atoms with Crippen molar-refractivity contribution >= 4 is 11.8 Å². The van der Waals surface area contributed by atoms with E-state index in [0.717, 1.165) is 269 Å². The number of phenolic OH excluding ortho intramolecular Hbond substituents is 2. The van der Waals surface area contributed by atoms with Gasteiger partial charge in [-0.05, 0) is 318 Å². The van der Waals surface area contributed by atoms with E-state index in [1.807, 2.05) is 36.4 Å². The van der Waals surface area contributed by atoms with Crippen molar-refractivity contribution in [1.29, 1.82) is 0 Å². The highest BCUT2D eigenvalue weighted by atomic mass is 16.7. The fourth-order valence-electron chi connectivity index (χ4n) is 24.3. The van der Waals surface area contributed by atoms with E-state index in [1.165, 1.54) is 105 Å². The van der Waals surface area contributed by atoms with Gasteiger partial charge in [0, 0.05) is 69.7 Å². The zero-order valence-corrected chi connectivity index (χ0v) is 84.5. The SMILES string of the molecule is CCCCC[C@@H](/C=C/[C@H]1[C@H](OC2CCCCO2)CC(=O)[C@@H]1Cc1cccc(C)c1)OC1CCCCO1.CCCCC[C@@H](/C=C/[C@H]1[C@H](OC2CCCCO2)CC(CC)[C@@H]1Cc1cccc(O)c1)OC1CCCCO1.CCCCC[C@@H](/C=C/[C@H]1[C@H](OC2CCCCO2)CC2Cc3c(O)cccc3C[C@@H]21)OC1CCCCO1.CCCCC[C@H](O)CC[C@H]1[C@H](O)CC2Cc3c(cccc3OCC(=O)O)C[C@@H]21. The summed E-state index contributed by atoms with van der Waals surface area (Å²) in [4.78, 5) is 24.1. The normalized spacial score (nSPS) is 30.8. The standard InChI is InChI=1S/C32H50O5.2C31H46O5.C23H34O5/c1-3-5-6-14-27(36-31-15-7-9-19-34-31)17-18-28-29(22-24-12-11-13-26(33)21-24)25(4-2)23-30(28)37-32-16-8-10-20-35-32;1-2-3-4-11-24(35-30-13-5-7-17-33-30)15-16-25-26-19-22-10-9-12-28(32)27(22)20-23(26)21-29(25)36-31-14-6-8-18-34-31;1-3-4-5-13-25(35-30-14-6-8-18-33-30)16-17-26-27(21-24-12-10-11-23(2)20-24)28(32)22-29(26)36-31-15-7-9-19-34-31;1-2-3-4-7-17(24)9-10-18-19-11-15-6-5-8-22(28-14-23(26)27)20(15)12-16(19)13-21(18)25/h11-13,17-18,21,25,27-33H,3-10,14-16,19-20,22-23H2,1-2H3;9-10,12,15-16,23-26,29-32H,2-8,11,13-14,17-21H2,1H3;10-12,16-17,20,25-27,29-31H,3-9,13-15,18-19,21-22H2,1-2H3;5-6,8,16-19,21,24-25H,2-4,7,9-14H2,1H3,(H,26,27)/b18-17+;16-15+;17-16+;/t25?,27-,28+,29-,30+,31?,32?;23?,24-,25+,26-,29+,30?,31?;25-,26+,27+,29+,30?,31?;16?,17-,18+,19-,21+/m0000/s1. The number of unbranched alkanes of at least 4 members (excludes halogenated alkanes) is 8. The number of carbonyl (C=O) groups excluding carboxylic acids is 1. The van der Waals surface area contributed by atoms with Gasteiger partial charge in [-0.3, -0.25) is 4.79 Å². The van der Waals surface area contributed by atoms with Crippen LogP contribution < -0.4 is 4.74 Å². The van der Waals surface area contributed by atoms with Gasteiger partial charge in [0.05, 0.1) is 48.8 Å². The average molecular weight is 1900 g/mol. The van der Waals surface area contributed by atoms with Crippen molar-refractivity contribution in [2.75, 3.05) is 46.2 Å². The maximum absolute atomic E-state index is 13.3. The number of hydrogen-bond acceptors (Lipinski definition) is 19. The number of aryl methyl sites for hydroxylation is 1. The predicted octanol–water partition coefficient (Wildman–Crippen LogP) is 24.5. The number of ether oxygens (including phenoxy) is 13. The lowest BCUT2D eigenvalue weighted by Gasteiger charge is -2.32. The molecular weight excluding hydrogens is 1730 g/mol. The van der Waals surface area contributed by atoms with Gasteiger partial charge < -0.3 is 87.1 Å². The summed E-state index contributed by atoms with van der Waals surface area (Å²) in [6, 6.07) is 28.2. The van der Waals surface area contributed by atoms with Crippen LogP contribution in [0.2, 0.25) is 0 Å². The van der Waals surface area contributed by atoms with Crippen LogP contribution in [-0.2, 0) is 105 Å². The fraction of sp³-hybridized carbons (Fsp3) is 0.726. The molecule has 6 saturated heterocycles. The number of carbonyl (C=O) groups is 2. The van der Waals surface area contributed by atoms with E-state index in [2.05, 4.69) is 120 Å². The summed E-state index contributed by atoms with van der Waals surface area (Å²) in [5.74, 6) is 4.50. The molecule has 0 spiro atoms. The second-order valence-corrected chi connectivity index (χ2v) is 42.2. The van der Waals surface area contributed by atoms with Crippen LogP contribution in [0.5, 0.6) is 17.2 Å². The maximum Gasteiger partial charge on any atom is 0.341 e. The van der Waals surface area contributed by atoms with Crippen LogP contribution in [0.15, 0.2) is 121 Å². The number of aromatic hydroxyl groups is 2. The van der Waals surface area contributed by atoms with Gasteiger partial charge in [0.1, 0.15) is 23.0 Å². The molecule has 5 N–H and O–H groups in total. The molecule has 0 bridgehead atoms. The van der Waals surface area contributed by atoms with Crippen molar-refractivity contribution < 1.29 is 96.7 Å². The lowest BCUT2D eigenvalue weighted by Crippen LogP contribution is -2.32. The van der Waals surface area contributed by atoms with Gasteiger partial charge in [0.2, 0.25) is 0 Å². The van der Waals surface area contributed by atoms with Gasteiger partial charge in [-0.2, -0.15) is 0 Å². The summed E-state index contributed by atoms with van der Waals surface area (Å²) in [5, 5.41) is 50.4. The van der Waals surface area contributed by atoms with Gasteiger partial charge in [-0.25, -0.2) is 4.79 Å². The highest BCUT2D eigenvalue weighted by molar-refractivity contribution is 5.85. The topological polar surface area (TPSA) is 255 Å². The monoisotopic (exact) mass is 1900 g/mol. The average Bonchev–Trinajstić information content (AvgIpc) is 1.68. The van der Waals surface area contributed by atoms with Crippen LogP contribution in [0, 0.1) is 72.0 Å². The van der Waals surface area contributed by atoms with E-state index in [0.29, 0.717) is 76.8 Å². The van der Waals surface area contributed by atoms with E-state index in [1.54, 1.807) is 6.07 Å². The van der Waals surface area contributed by atoms with E-state index in [9.17, 15) is 30.0 Å². The summed E-state index contributed by atoms with van der Waals surface area (Å²) in [6.45, 7) is 17.7. The van der Waals surface area contributed by atoms with Crippen molar-refractivity contribution in [2.45, 2.75) is 430 Å². The molecule has 764 valence electrons. The lowest BCUT2D eigenvalue weighted by molar-refractivity contribution is -0.193. The second-order valence-electron chi connectivity index (χ2n) is 42.2. The number of aliphatic hydroxyl groups excluding tert-OH is 2. The molecule has 25 atom stereocenters. The number of hydrogen-bond donors (Lipinski definition) is 5. The molecule has 6 aliphatic heterocycles. The molecule has 6 aliphatic carbocycles. The highest BCUT2D eigenvalue weighted by Gasteiger charge is 2.50. The van der Waals surface area contributed by atoms with Crippen LogP contribution >= 0.6 is 0 Å². The molecule has 0 amide bonds. The smallest absolute Gasteiger partial charge is 0.341 e. The molecule has 12 aliphatic rings. The zero-order valence-electron chi connectivity index (χ0n) is 84.5. The molecule has 4 saturated carbocycles. The summed E-state index contributed by atoms with van der Waals surface area (Å²) in [5.41, 5.74) is 8.41. The van der Waals surface area contributed by atoms with E-state index in [-0.39, 0.29) is 111 Å². The van der Waals surface area contributed by atoms with Crippen molar-refractivity contribution in [3.05, 3.63) is 160 Å². The molecule has 10 fully saturated rings. The fourth-order valence-corrected chi connectivity index (χ4v) is 24.3. The van der Waals surface area contributed by atoms with Crippen molar-refractivity contribution in [3.8, 4) is 17.2 Å². The van der Waals surface area contributed by atoms with Crippen molar-refractivity contribution in [2.24, 2.45) is 65.1 Å². The largest absolute Gasteiger partial charge is 0.508 e. The Hall–Kier alpha value is -5.92. The Balaban J connectivity index is 0.000000155. The molecule has 16 rings (SSSR count). The number of Topliss-reactive ketones (excluding diaryl/α,β-unsaturated/α-hetero) is 1. The molecular formula is C117H176O20. The molecule has 137 heavy (non-hydrogen) atoms. The Morgan fingerprint density at radius 3 is 1.42 bits per heavy atom. The van der Waals surface area contributed by atoms with Gasteiger partial charge >= 0.3 is 5.97 Å². The molecule has 9 unspecified atom stereocenters. The number of benzene rings is 4. The number of phenols is 2. The van der Waals surface area contributed by atoms with E-state index >= 15 is 0 Å². The van der Waals surface area contributed by atoms with Gasteiger partial charge in [-0.1, -0.05) is 221 Å². The first-order valence-corrected chi connectivity index (χ1v) is 55.1. The Bertz CT molecular complexity index is 4170. The van der Waals surface area contributed by atoms with Crippen LogP contribution in [0.3, 0.4) is 0 Å². The van der Waals surface area contributed by atoms with Gasteiger partial charge in [0.25, 0.3) is 0 Å². The number of carboxylic acids is 1. The van der Waals surface area contributed by atoms with Crippen molar-refractivity contribution in [1.82, 2.24) is 0 Å². The molecule has 6 heterocycles. The van der Waals surface area contributed by atoms with Crippen LogP contribution in [-0.4, -0.2) is 170 Å². The van der Waals surface area contributed by atoms with Crippen LogP contribution in [0.1, 0.15) is 337 Å². The molecule has 20 nitrogen and oxygen atoms in total. The number of carboxylic acid groups (broad SMARTS) is 1. The number of aliphatic hydroxyl groups is 2. The minimum absolute atomic E-state index is 0.00144. The highest BCUT2D eigenvalue weighted by Crippen LogP contribution is 2.52. The van der Waals surface area contributed by atoms with E-state index in [4.69, 9.17) is 66.7 Å². The Labute approximate surface area is 822 Å². The quantitative estimate of drug-likeness (QED) is 0.0204. The molecule has 0 aromatic heterocycles. The molecule has 0 radical (unpaired) electrons. The van der Waals surface area contributed by atoms with E-state index < -0.39 is 5.97 Å². The first-order chi connectivity index (χ1) is 67.0. The van der Waals surface area contributed by atoms with Crippen LogP contribution in [0.4, 0.5) is 0 Å². The molecule has 4 aromatic carbocycles. The van der Waals surface area contributed by atoms with Crippen LogP contribution in [0.25, 0.3) is 0 Å². The van der Waals surface area contributed by atoms with Gasteiger partial charge in [0.15, 0.2) is 44.3 Å². The Kier molecular flexibility index (Phi) is 46.5. The third-order valence-corrected chi connectivity index (χ3v) is 31.8. The number of rotatable bonds is 45. The predicted molar refractivity (Wildman–Crippen MR) is 537 cm³/mol. The summed E-state index contributed by atoms with van der Waals surface area (Å²) in [7, 11) is 0. The Morgan fingerprint density at radius 1 is 0.453 bits per heavy atom. The second kappa shape index (κ2) is 58.7. The zero-order chi connectivity index (χ0) is 95.9. The summed E-state index contributed by atoms with van der Waals surface area (Å²) >= 11 is 0. The third kappa shape index (κ3) is 34.4. The summed E-state index contributed by atoms with van der Waals surface area (Å²) in [6.07, 6.45) is 62.1. The number of fused-ring (bicyclic) bond motifs is 4. The van der Waals surface area contributed by atoms with Crippen molar-refractivity contribution in [3.63, 3.8) is 0 Å². The lowest BCUT2D eigenvalue weighted by atomic mass is 9.73. The minimum Gasteiger partial charge on any atom is -0.508 e. The molecule has 4 aromatic rings. The maximum atomic E-state index is 13.3. The summed E-state index contributed by atoms with van der Waals surface area (Å²) < 4.78 is 80.3. The first kappa shape index (κ1) is 108. The third-order valence-electron chi connectivity index (χ3n) is 31.8. The molecule has 20 heteroatoms.